The number of nitrogens with zero attached hydrogens (tertiary/aromatic N) is 3. The number of pyridine rings is 1. The second-order valence-electron chi connectivity index (χ2n) is 7.19. The van der Waals surface area contributed by atoms with Crippen molar-refractivity contribution >= 4 is 11.7 Å². The van der Waals surface area contributed by atoms with Crippen LogP contribution in [-0.2, 0) is 7.05 Å². The maximum Gasteiger partial charge on any atom is 0.255 e. The molecule has 0 bridgehead atoms. The molecule has 1 aromatic carbocycles. The van der Waals surface area contributed by atoms with Gasteiger partial charge >= 0.3 is 0 Å². The summed E-state index contributed by atoms with van der Waals surface area (Å²) in [6.45, 7) is 1.24. The van der Waals surface area contributed by atoms with E-state index in [1.165, 1.54) is 0 Å². The highest BCUT2D eigenvalue weighted by molar-refractivity contribution is 5.99. The molecule has 4 N–H and O–H groups in total. The first-order valence-electron chi connectivity index (χ1n) is 9.55. The SMILES string of the molecule is Cn1cc(-c2cnc(N)c(C(=O)N[C@@H]3CN[C@H](COc4ccccc4)C3)c2)cn1. The lowest BCUT2D eigenvalue weighted by atomic mass is 10.1. The zero-order valence-electron chi connectivity index (χ0n) is 16.2. The molecule has 1 aliphatic heterocycles. The van der Waals surface area contributed by atoms with Crippen molar-refractivity contribution in [2.45, 2.75) is 18.5 Å². The number of carbonyl (C=O) groups is 1. The van der Waals surface area contributed by atoms with Crippen LogP contribution in [0.1, 0.15) is 16.8 Å². The van der Waals surface area contributed by atoms with E-state index in [2.05, 4.69) is 20.7 Å². The van der Waals surface area contributed by atoms with Gasteiger partial charge < -0.3 is 21.1 Å². The van der Waals surface area contributed by atoms with E-state index in [4.69, 9.17) is 10.5 Å². The lowest BCUT2D eigenvalue weighted by Gasteiger charge is -2.14. The number of carbonyl (C=O) groups excluding carboxylic acids is 1. The van der Waals surface area contributed by atoms with E-state index >= 15 is 0 Å². The zero-order valence-corrected chi connectivity index (χ0v) is 16.2. The van der Waals surface area contributed by atoms with E-state index < -0.39 is 0 Å². The summed E-state index contributed by atoms with van der Waals surface area (Å²) in [5.41, 5.74) is 8.02. The molecule has 0 spiro atoms. The third-order valence-corrected chi connectivity index (χ3v) is 4.95. The minimum atomic E-state index is -0.225. The molecule has 1 aliphatic rings. The Labute approximate surface area is 169 Å². The molecule has 1 fully saturated rings. The Hall–Kier alpha value is -3.39. The highest BCUT2D eigenvalue weighted by Gasteiger charge is 2.27. The van der Waals surface area contributed by atoms with Crippen molar-refractivity contribution in [1.29, 1.82) is 0 Å². The van der Waals surface area contributed by atoms with Gasteiger partial charge in [-0.15, -0.1) is 0 Å². The molecule has 3 aromatic rings. The fourth-order valence-electron chi connectivity index (χ4n) is 3.42. The van der Waals surface area contributed by atoms with Crippen LogP contribution in [0.4, 0.5) is 5.82 Å². The van der Waals surface area contributed by atoms with Gasteiger partial charge in [0.2, 0.25) is 0 Å². The average molecular weight is 392 g/mol. The smallest absolute Gasteiger partial charge is 0.255 e. The lowest BCUT2D eigenvalue weighted by Crippen LogP contribution is -2.36. The summed E-state index contributed by atoms with van der Waals surface area (Å²) < 4.78 is 7.50. The number of aromatic nitrogens is 3. The molecule has 1 saturated heterocycles. The van der Waals surface area contributed by atoms with Crippen molar-refractivity contribution in [2.75, 3.05) is 18.9 Å². The molecule has 29 heavy (non-hydrogen) atoms. The van der Waals surface area contributed by atoms with Crippen LogP contribution in [-0.4, -0.2) is 45.9 Å². The van der Waals surface area contributed by atoms with Crippen LogP contribution >= 0.6 is 0 Å². The molecule has 8 nitrogen and oxygen atoms in total. The van der Waals surface area contributed by atoms with E-state index in [9.17, 15) is 4.79 Å². The summed E-state index contributed by atoms with van der Waals surface area (Å²) in [6.07, 6.45) is 6.03. The van der Waals surface area contributed by atoms with Gasteiger partial charge in [-0.05, 0) is 24.6 Å². The van der Waals surface area contributed by atoms with Crippen LogP contribution in [0.2, 0.25) is 0 Å². The fourth-order valence-corrected chi connectivity index (χ4v) is 3.42. The second kappa shape index (κ2) is 8.32. The molecular formula is C21H24N6O2. The number of amides is 1. The maximum absolute atomic E-state index is 12.8. The summed E-state index contributed by atoms with van der Waals surface area (Å²) in [7, 11) is 1.84. The number of nitrogen functional groups attached to an aromatic ring is 1. The van der Waals surface area contributed by atoms with Crippen molar-refractivity contribution in [3.8, 4) is 16.9 Å². The molecule has 0 radical (unpaired) electrons. The molecule has 2 atom stereocenters. The van der Waals surface area contributed by atoms with Crippen LogP contribution in [0.15, 0.2) is 55.0 Å². The number of benzene rings is 1. The fraction of sp³-hybridized carbons (Fsp3) is 0.286. The summed E-state index contributed by atoms with van der Waals surface area (Å²) in [5.74, 6) is 0.829. The maximum atomic E-state index is 12.8. The van der Waals surface area contributed by atoms with Gasteiger partial charge in [-0.1, -0.05) is 18.2 Å². The highest BCUT2D eigenvalue weighted by atomic mass is 16.5. The average Bonchev–Trinajstić information content (AvgIpc) is 3.36. The van der Waals surface area contributed by atoms with Gasteiger partial charge in [-0.25, -0.2) is 4.98 Å². The normalized spacial score (nSPS) is 18.5. The molecule has 1 amide bonds. The zero-order chi connectivity index (χ0) is 20.2. The first-order chi connectivity index (χ1) is 14.1. The summed E-state index contributed by atoms with van der Waals surface area (Å²) in [6, 6.07) is 11.6. The largest absolute Gasteiger partial charge is 0.492 e. The number of aryl methyl sites for hydroxylation is 1. The van der Waals surface area contributed by atoms with Crippen molar-refractivity contribution in [2.24, 2.45) is 7.05 Å². The molecule has 8 heteroatoms. The van der Waals surface area contributed by atoms with E-state index in [0.717, 1.165) is 23.3 Å². The molecule has 2 aromatic heterocycles. The number of ether oxygens (including phenoxy) is 1. The van der Waals surface area contributed by atoms with Gasteiger partial charge in [-0.3, -0.25) is 9.48 Å². The molecule has 4 rings (SSSR count). The van der Waals surface area contributed by atoms with E-state index in [-0.39, 0.29) is 23.8 Å². The summed E-state index contributed by atoms with van der Waals surface area (Å²) in [5, 5.41) is 10.6. The predicted octanol–water partition coefficient (Wildman–Crippen LogP) is 1.60. The minimum Gasteiger partial charge on any atom is -0.492 e. The van der Waals surface area contributed by atoms with Crippen molar-refractivity contribution in [3.05, 3.63) is 60.6 Å². The standard InChI is InChI=1S/C21H24N6O2/c1-27-12-15(10-25-27)14-7-19(20(22)24-9-14)21(28)26-16-8-17(23-11-16)13-29-18-5-3-2-4-6-18/h2-7,9-10,12,16-17,23H,8,11,13H2,1H3,(H2,22,24)(H,26,28)/t16-,17-/m0/s1. The Balaban J connectivity index is 1.36. The Morgan fingerprint density at radius 1 is 1.31 bits per heavy atom. The van der Waals surface area contributed by atoms with Crippen LogP contribution in [0.3, 0.4) is 0 Å². The van der Waals surface area contributed by atoms with Crippen LogP contribution in [0.25, 0.3) is 11.1 Å². The Morgan fingerprint density at radius 3 is 2.90 bits per heavy atom. The molecule has 0 saturated carbocycles. The Morgan fingerprint density at radius 2 is 2.14 bits per heavy atom. The van der Waals surface area contributed by atoms with Gasteiger partial charge in [0.05, 0.1) is 11.8 Å². The van der Waals surface area contributed by atoms with Gasteiger partial charge in [0.15, 0.2) is 0 Å². The molecule has 0 unspecified atom stereocenters. The number of nitrogens with two attached hydrogens (primary N) is 1. The molecule has 150 valence electrons. The predicted molar refractivity (Wildman–Crippen MR) is 110 cm³/mol. The number of hydrogen-bond donors (Lipinski definition) is 3. The van der Waals surface area contributed by atoms with Crippen LogP contribution in [0, 0.1) is 0 Å². The highest BCUT2D eigenvalue weighted by Crippen LogP contribution is 2.22. The molecule has 0 aliphatic carbocycles. The van der Waals surface area contributed by atoms with E-state index in [0.29, 0.717) is 18.7 Å². The number of anilines is 1. The summed E-state index contributed by atoms with van der Waals surface area (Å²) in [4.78, 5) is 17.0. The number of rotatable bonds is 6. The third kappa shape index (κ3) is 4.55. The quantitative estimate of drug-likeness (QED) is 0.588. The number of nitrogens with one attached hydrogen (secondary N) is 2. The first kappa shape index (κ1) is 18.9. The van der Waals surface area contributed by atoms with Crippen LogP contribution < -0.4 is 21.1 Å². The Kier molecular flexibility index (Phi) is 5.44. The topological polar surface area (TPSA) is 107 Å². The van der Waals surface area contributed by atoms with Gasteiger partial charge in [0, 0.05) is 49.2 Å². The van der Waals surface area contributed by atoms with Crippen molar-refractivity contribution in [3.63, 3.8) is 0 Å². The Bertz CT molecular complexity index is 988. The monoisotopic (exact) mass is 392 g/mol. The third-order valence-electron chi connectivity index (χ3n) is 4.95. The van der Waals surface area contributed by atoms with E-state index in [1.807, 2.05) is 43.6 Å². The van der Waals surface area contributed by atoms with Crippen molar-refractivity contribution < 1.29 is 9.53 Å². The van der Waals surface area contributed by atoms with Gasteiger partial charge in [0.1, 0.15) is 18.2 Å². The molecule has 3 heterocycles. The summed E-state index contributed by atoms with van der Waals surface area (Å²) >= 11 is 0. The molecular weight excluding hydrogens is 368 g/mol. The van der Waals surface area contributed by atoms with E-state index in [1.54, 1.807) is 23.1 Å². The second-order valence-corrected chi connectivity index (χ2v) is 7.19. The number of para-hydroxylation sites is 1. The minimum absolute atomic E-state index is 0.00771. The lowest BCUT2D eigenvalue weighted by molar-refractivity contribution is 0.0940. The number of hydrogen-bond acceptors (Lipinski definition) is 6. The van der Waals surface area contributed by atoms with Crippen LogP contribution in [0.5, 0.6) is 5.75 Å². The first-order valence-corrected chi connectivity index (χ1v) is 9.55. The van der Waals surface area contributed by atoms with Crippen molar-refractivity contribution in [1.82, 2.24) is 25.4 Å². The van der Waals surface area contributed by atoms with Gasteiger partial charge in [-0.2, -0.15) is 5.10 Å². The van der Waals surface area contributed by atoms with Gasteiger partial charge in [0.25, 0.3) is 5.91 Å².